The van der Waals surface area contributed by atoms with Crippen LogP contribution in [0.4, 0.5) is 0 Å². The number of benzene rings is 1. The van der Waals surface area contributed by atoms with Gasteiger partial charge in [0.15, 0.2) is 0 Å². The molecule has 0 fully saturated rings. The fraction of sp³-hybridized carbons (Fsp3) is 0.0769. The normalized spacial score (nSPS) is 10.3. The predicted molar refractivity (Wildman–Crippen MR) is 76.3 cm³/mol. The molecule has 0 spiro atoms. The minimum atomic E-state index is 0.0285. The second-order valence-corrected chi connectivity index (χ2v) is 5.08. The third kappa shape index (κ3) is 3.24. The molecule has 0 amide bonds. The van der Waals surface area contributed by atoms with Gasteiger partial charge in [-0.25, -0.2) is 4.98 Å². The first-order chi connectivity index (χ1) is 8.66. The Balaban J connectivity index is 2.08. The summed E-state index contributed by atoms with van der Waals surface area (Å²) in [4.78, 5) is 4.24. The standard InChI is InChI=1S/C13H12ClN3S/c14-11-7-9(13(15)16)4-5-10(11)8-18-12-3-1-2-6-17-12/h1-7H,8H2,(H3,15,16). The Labute approximate surface area is 115 Å². The monoisotopic (exact) mass is 277 g/mol. The summed E-state index contributed by atoms with van der Waals surface area (Å²) in [6.45, 7) is 0. The highest BCUT2D eigenvalue weighted by molar-refractivity contribution is 7.98. The zero-order valence-electron chi connectivity index (χ0n) is 9.56. The van der Waals surface area contributed by atoms with E-state index in [9.17, 15) is 0 Å². The van der Waals surface area contributed by atoms with Crippen LogP contribution in [-0.4, -0.2) is 10.8 Å². The molecule has 0 aliphatic carbocycles. The van der Waals surface area contributed by atoms with Crippen molar-refractivity contribution >= 4 is 29.2 Å². The molecule has 0 aliphatic heterocycles. The van der Waals surface area contributed by atoms with Gasteiger partial charge in [-0.1, -0.05) is 29.8 Å². The van der Waals surface area contributed by atoms with E-state index in [4.69, 9.17) is 22.7 Å². The molecule has 18 heavy (non-hydrogen) atoms. The zero-order valence-corrected chi connectivity index (χ0v) is 11.1. The van der Waals surface area contributed by atoms with Crippen LogP contribution in [0.3, 0.4) is 0 Å². The number of rotatable bonds is 4. The second-order valence-electron chi connectivity index (χ2n) is 3.68. The highest BCUT2D eigenvalue weighted by Gasteiger charge is 2.05. The van der Waals surface area contributed by atoms with Crippen molar-refractivity contribution in [3.8, 4) is 0 Å². The van der Waals surface area contributed by atoms with E-state index in [0.717, 1.165) is 16.3 Å². The van der Waals surface area contributed by atoms with Crippen molar-refractivity contribution in [2.75, 3.05) is 0 Å². The Morgan fingerprint density at radius 3 is 2.78 bits per heavy atom. The van der Waals surface area contributed by atoms with Gasteiger partial charge in [-0.3, -0.25) is 5.41 Å². The molecule has 0 saturated heterocycles. The third-order valence-corrected chi connectivity index (χ3v) is 3.72. The summed E-state index contributed by atoms with van der Waals surface area (Å²) in [5.74, 6) is 0.773. The summed E-state index contributed by atoms with van der Waals surface area (Å²) in [7, 11) is 0. The maximum Gasteiger partial charge on any atom is 0.122 e. The molecule has 3 N–H and O–H groups in total. The smallest absolute Gasteiger partial charge is 0.122 e. The number of hydrogen-bond donors (Lipinski definition) is 2. The molecule has 1 aromatic carbocycles. The Kier molecular flexibility index (Phi) is 4.23. The van der Waals surface area contributed by atoms with Crippen molar-refractivity contribution in [3.05, 3.63) is 58.7 Å². The van der Waals surface area contributed by atoms with Crippen LogP contribution in [0.2, 0.25) is 5.02 Å². The average molecular weight is 278 g/mol. The summed E-state index contributed by atoms with van der Waals surface area (Å²) in [6.07, 6.45) is 1.77. The van der Waals surface area contributed by atoms with E-state index in [-0.39, 0.29) is 5.84 Å². The molecular formula is C13H12ClN3S. The van der Waals surface area contributed by atoms with E-state index in [1.165, 1.54) is 0 Å². The minimum absolute atomic E-state index is 0.0285. The second kappa shape index (κ2) is 5.89. The van der Waals surface area contributed by atoms with E-state index in [1.807, 2.05) is 30.3 Å². The molecule has 0 saturated carbocycles. The lowest BCUT2D eigenvalue weighted by Gasteiger charge is -2.06. The molecule has 2 rings (SSSR count). The molecule has 0 unspecified atom stereocenters. The van der Waals surface area contributed by atoms with Crippen LogP contribution in [0.15, 0.2) is 47.6 Å². The topological polar surface area (TPSA) is 62.8 Å². The van der Waals surface area contributed by atoms with Gasteiger partial charge in [0.2, 0.25) is 0 Å². The first-order valence-electron chi connectivity index (χ1n) is 5.33. The summed E-state index contributed by atoms with van der Waals surface area (Å²) in [6, 6.07) is 11.2. The lowest BCUT2D eigenvalue weighted by molar-refractivity contribution is 1.13. The molecule has 0 atom stereocenters. The van der Waals surface area contributed by atoms with Gasteiger partial charge in [-0.2, -0.15) is 0 Å². The van der Waals surface area contributed by atoms with E-state index >= 15 is 0 Å². The predicted octanol–water partition coefficient (Wildman–Crippen LogP) is 3.31. The van der Waals surface area contributed by atoms with Crippen molar-refractivity contribution in [1.29, 1.82) is 5.41 Å². The fourth-order valence-electron chi connectivity index (χ4n) is 1.42. The first kappa shape index (κ1) is 12.9. The maximum absolute atomic E-state index is 7.34. The Hall–Kier alpha value is -1.52. The molecule has 0 radical (unpaired) electrons. The van der Waals surface area contributed by atoms with Crippen molar-refractivity contribution in [1.82, 2.24) is 4.98 Å². The van der Waals surface area contributed by atoms with E-state index in [0.29, 0.717) is 10.6 Å². The van der Waals surface area contributed by atoms with Crippen LogP contribution in [0.5, 0.6) is 0 Å². The number of nitrogen functional groups attached to an aromatic ring is 1. The van der Waals surface area contributed by atoms with Crippen molar-refractivity contribution in [2.24, 2.45) is 5.73 Å². The number of halogens is 1. The third-order valence-electron chi connectivity index (χ3n) is 2.38. The molecule has 0 aliphatic rings. The first-order valence-corrected chi connectivity index (χ1v) is 6.70. The summed E-state index contributed by atoms with van der Waals surface area (Å²) >= 11 is 7.78. The summed E-state index contributed by atoms with van der Waals surface area (Å²) in [5, 5.41) is 8.94. The highest BCUT2D eigenvalue weighted by Crippen LogP contribution is 2.26. The van der Waals surface area contributed by atoms with Gasteiger partial charge in [0.05, 0.1) is 5.03 Å². The molecule has 0 bridgehead atoms. The van der Waals surface area contributed by atoms with Gasteiger partial charge < -0.3 is 5.73 Å². The van der Waals surface area contributed by atoms with Crippen molar-refractivity contribution in [3.63, 3.8) is 0 Å². The Morgan fingerprint density at radius 2 is 2.17 bits per heavy atom. The number of pyridine rings is 1. The molecule has 92 valence electrons. The molecule has 1 heterocycles. The van der Waals surface area contributed by atoms with Gasteiger partial charge in [0, 0.05) is 22.5 Å². The van der Waals surface area contributed by atoms with Crippen LogP contribution < -0.4 is 5.73 Å². The molecular weight excluding hydrogens is 266 g/mol. The largest absolute Gasteiger partial charge is 0.384 e. The van der Waals surface area contributed by atoms with Gasteiger partial charge in [0.25, 0.3) is 0 Å². The van der Waals surface area contributed by atoms with Crippen molar-refractivity contribution < 1.29 is 0 Å². The van der Waals surface area contributed by atoms with E-state index in [1.54, 1.807) is 24.0 Å². The Morgan fingerprint density at radius 1 is 1.33 bits per heavy atom. The van der Waals surface area contributed by atoms with Gasteiger partial charge in [-0.15, -0.1) is 11.8 Å². The van der Waals surface area contributed by atoms with Crippen LogP contribution in [0.25, 0.3) is 0 Å². The number of hydrogen-bond acceptors (Lipinski definition) is 3. The fourth-order valence-corrected chi connectivity index (χ4v) is 2.61. The van der Waals surface area contributed by atoms with Crippen LogP contribution >= 0.6 is 23.4 Å². The molecule has 2 aromatic rings. The van der Waals surface area contributed by atoms with Gasteiger partial charge in [0.1, 0.15) is 5.84 Å². The minimum Gasteiger partial charge on any atom is -0.384 e. The number of nitrogens with one attached hydrogen (secondary N) is 1. The van der Waals surface area contributed by atoms with E-state index < -0.39 is 0 Å². The summed E-state index contributed by atoms with van der Waals surface area (Å²) in [5.41, 5.74) is 7.06. The lowest BCUT2D eigenvalue weighted by Crippen LogP contribution is -2.10. The molecule has 3 nitrogen and oxygen atoms in total. The van der Waals surface area contributed by atoms with E-state index in [2.05, 4.69) is 4.98 Å². The van der Waals surface area contributed by atoms with Crippen molar-refractivity contribution in [2.45, 2.75) is 10.8 Å². The number of nitrogens with two attached hydrogens (primary N) is 1. The zero-order chi connectivity index (χ0) is 13.0. The number of aromatic nitrogens is 1. The summed E-state index contributed by atoms with van der Waals surface area (Å²) < 4.78 is 0. The lowest BCUT2D eigenvalue weighted by atomic mass is 10.1. The number of thioether (sulfide) groups is 1. The average Bonchev–Trinajstić information content (AvgIpc) is 2.38. The molecule has 1 aromatic heterocycles. The quantitative estimate of drug-likeness (QED) is 0.512. The van der Waals surface area contributed by atoms with Gasteiger partial charge >= 0.3 is 0 Å². The van der Waals surface area contributed by atoms with Crippen LogP contribution in [0.1, 0.15) is 11.1 Å². The van der Waals surface area contributed by atoms with Crippen LogP contribution in [0, 0.1) is 5.41 Å². The van der Waals surface area contributed by atoms with Gasteiger partial charge in [-0.05, 0) is 23.8 Å². The SMILES string of the molecule is N=C(N)c1ccc(CSc2ccccn2)c(Cl)c1. The van der Waals surface area contributed by atoms with Crippen LogP contribution in [-0.2, 0) is 5.75 Å². The maximum atomic E-state index is 7.34. The molecule has 5 heteroatoms. The number of nitrogens with zero attached hydrogens (tertiary/aromatic N) is 1. The highest BCUT2D eigenvalue weighted by atomic mass is 35.5. The Bertz CT molecular complexity index is 557. The number of amidine groups is 1.